The Morgan fingerprint density at radius 2 is 1.69 bits per heavy atom. The van der Waals surface area contributed by atoms with Gasteiger partial charge in [-0.05, 0) is 81.6 Å². The first-order chi connectivity index (χ1) is 21.7. The number of urea groups is 1. The van der Waals surface area contributed by atoms with Gasteiger partial charge < -0.3 is 30.2 Å². The lowest BCUT2D eigenvalue weighted by molar-refractivity contribution is 0.0770. The zero-order valence-electron chi connectivity index (χ0n) is 26.8. The monoisotopic (exact) mass is 728 g/mol. The van der Waals surface area contributed by atoms with Crippen molar-refractivity contribution in [1.29, 1.82) is 0 Å². The van der Waals surface area contributed by atoms with Crippen LogP contribution in [-0.2, 0) is 11.3 Å². The van der Waals surface area contributed by atoms with E-state index >= 15 is 0 Å². The van der Waals surface area contributed by atoms with Crippen LogP contribution in [-0.4, -0.2) is 52.7 Å². The number of methoxy groups -OCH3 is 1. The fraction of sp³-hybridized carbons (Fsp3) is 0.429. The van der Waals surface area contributed by atoms with E-state index in [9.17, 15) is 9.59 Å². The number of rotatable bonds is 13. The number of ether oxygens (including phenoxy) is 3. The van der Waals surface area contributed by atoms with E-state index in [4.69, 9.17) is 14.2 Å². The summed E-state index contributed by atoms with van der Waals surface area (Å²) in [5.41, 5.74) is 2.52. The number of hydrogen-bond acceptors (Lipinski definition) is 6. The molecule has 3 amide bonds. The van der Waals surface area contributed by atoms with E-state index in [2.05, 4.69) is 57.3 Å². The first-order valence-corrected chi connectivity index (χ1v) is 16.9. The number of benzene rings is 3. The van der Waals surface area contributed by atoms with Crippen LogP contribution in [0.1, 0.15) is 69.3 Å². The third kappa shape index (κ3) is 10.1. The van der Waals surface area contributed by atoms with Crippen molar-refractivity contribution >= 4 is 45.9 Å². The average Bonchev–Trinajstić information content (AvgIpc) is 3.01. The van der Waals surface area contributed by atoms with Gasteiger partial charge in [-0.1, -0.05) is 48.6 Å². The molecule has 1 heterocycles. The second-order valence-corrected chi connectivity index (χ2v) is 12.9. The smallest absolute Gasteiger partial charge is 0.319 e. The molecule has 10 heteroatoms. The van der Waals surface area contributed by atoms with Crippen LogP contribution < -0.4 is 25.4 Å². The molecule has 1 aliphatic heterocycles. The van der Waals surface area contributed by atoms with E-state index in [1.807, 2.05) is 50.2 Å². The molecular formula is C35H45IN4O5. The van der Waals surface area contributed by atoms with Crippen LogP contribution >= 0.6 is 22.6 Å². The maximum absolute atomic E-state index is 13.2. The lowest BCUT2D eigenvalue weighted by Crippen LogP contribution is -2.46. The van der Waals surface area contributed by atoms with Gasteiger partial charge >= 0.3 is 6.03 Å². The van der Waals surface area contributed by atoms with Crippen molar-refractivity contribution in [2.24, 2.45) is 0 Å². The first-order valence-electron chi connectivity index (χ1n) is 15.6. The maximum atomic E-state index is 13.2. The summed E-state index contributed by atoms with van der Waals surface area (Å²) in [4.78, 5) is 28.1. The number of halogens is 1. The lowest BCUT2D eigenvalue weighted by atomic mass is 10.1. The van der Waals surface area contributed by atoms with Gasteiger partial charge in [0.2, 0.25) is 0 Å². The number of hydrogen-bond donors (Lipinski definition) is 3. The molecule has 45 heavy (non-hydrogen) atoms. The molecule has 1 aliphatic rings. The molecule has 3 N–H and O–H groups in total. The van der Waals surface area contributed by atoms with E-state index in [0.717, 1.165) is 37.8 Å². The lowest BCUT2D eigenvalue weighted by Gasteiger charge is -2.39. The zero-order valence-corrected chi connectivity index (χ0v) is 28.9. The summed E-state index contributed by atoms with van der Waals surface area (Å²) in [7, 11) is 1.61. The van der Waals surface area contributed by atoms with Gasteiger partial charge in [-0.25, -0.2) is 4.79 Å². The highest BCUT2D eigenvalue weighted by molar-refractivity contribution is 14.1. The number of carbonyl (C=O) groups excluding carboxylic acids is 2. The number of alkyl halides is 1. The van der Waals surface area contributed by atoms with Gasteiger partial charge in [-0.3, -0.25) is 9.69 Å². The summed E-state index contributed by atoms with van der Waals surface area (Å²) in [6.45, 7) is 9.82. The Hall–Kier alpha value is -3.35. The molecule has 1 fully saturated rings. The topological polar surface area (TPSA) is 101 Å². The van der Waals surface area contributed by atoms with Crippen molar-refractivity contribution in [3.8, 4) is 17.2 Å². The summed E-state index contributed by atoms with van der Waals surface area (Å²) in [6, 6.07) is 20.4. The molecular weight excluding hydrogens is 683 g/mol. The van der Waals surface area contributed by atoms with Crippen molar-refractivity contribution in [2.75, 3.05) is 24.3 Å². The minimum absolute atomic E-state index is 0.118. The van der Waals surface area contributed by atoms with Crippen LogP contribution in [0.15, 0.2) is 66.7 Å². The van der Waals surface area contributed by atoms with Crippen LogP contribution in [0.4, 0.5) is 16.2 Å². The Bertz CT molecular complexity index is 1430. The van der Waals surface area contributed by atoms with E-state index in [1.54, 1.807) is 37.4 Å². The van der Waals surface area contributed by atoms with Crippen molar-refractivity contribution in [1.82, 2.24) is 10.2 Å². The number of nitrogens with zero attached hydrogens (tertiary/aromatic N) is 1. The molecule has 0 radical (unpaired) electrons. The third-order valence-electron chi connectivity index (χ3n) is 7.85. The molecule has 2 atom stereocenters. The van der Waals surface area contributed by atoms with Gasteiger partial charge in [0.15, 0.2) is 0 Å². The normalized spacial score (nSPS) is 16.8. The van der Waals surface area contributed by atoms with Gasteiger partial charge in [0, 0.05) is 60.7 Å². The van der Waals surface area contributed by atoms with Crippen molar-refractivity contribution in [3.05, 3.63) is 77.9 Å². The van der Waals surface area contributed by atoms with Gasteiger partial charge in [0.25, 0.3) is 5.91 Å². The Labute approximate surface area is 280 Å². The average molecular weight is 729 g/mol. The molecule has 4 rings (SSSR count). The fourth-order valence-corrected chi connectivity index (χ4v) is 6.82. The Balaban J connectivity index is 1.39. The predicted octanol–water partition coefficient (Wildman–Crippen LogP) is 8.20. The molecule has 2 unspecified atom stereocenters. The number of likely N-dealkylation sites (tertiary alicyclic amines) is 1. The molecule has 0 aliphatic carbocycles. The van der Waals surface area contributed by atoms with E-state index < -0.39 is 0 Å². The van der Waals surface area contributed by atoms with Gasteiger partial charge in [-0.15, -0.1) is 0 Å². The fourth-order valence-electron chi connectivity index (χ4n) is 5.33. The molecule has 242 valence electrons. The van der Waals surface area contributed by atoms with Crippen LogP contribution in [0, 0.1) is 0 Å². The Morgan fingerprint density at radius 3 is 2.40 bits per heavy atom. The van der Waals surface area contributed by atoms with Crippen LogP contribution in [0.2, 0.25) is 0 Å². The summed E-state index contributed by atoms with van der Waals surface area (Å²) in [5.74, 6) is 1.61. The van der Waals surface area contributed by atoms with Crippen molar-refractivity contribution < 1.29 is 23.8 Å². The Morgan fingerprint density at radius 1 is 0.956 bits per heavy atom. The van der Waals surface area contributed by atoms with E-state index in [-0.39, 0.29) is 30.7 Å². The zero-order chi connectivity index (χ0) is 32.3. The second-order valence-electron chi connectivity index (χ2n) is 11.5. The largest absolute Gasteiger partial charge is 0.490 e. The van der Waals surface area contributed by atoms with Gasteiger partial charge in [0.05, 0.1) is 10.7 Å². The predicted molar refractivity (Wildman–Crippen MR) is 188 cm³/mol. The number of anilines is 2. The van der Waals surface area contributed by atoms with E-state index in [0.29, 0.717) is 44.3 Å². The molecule has 0 bridgehead atoms. The van der Waals surface area contributed by atoms with Gasteiger partial charge in [-0.2, -0.15) is 0 Å². The number of carbonyl (C=O) groups is 2. The van der Waals surface area contributed by atoms with Gasteiger partial charge in [0.1, 0.15) is 23.4 Å². The first kappa shape index (κ1) is 34.5. The van der Waals surface area contributed by atoms with Crippen LogP contribution in [0.5, 0.6) is 17.2 Å². The highest BCUT2D eigenvalue weighted by Gasteiger charge is 2.29. The quantitative estimate of drug-likeness (QED) is 0.0933. The number of nitrogens with one attached hydrogen (secondary N) is 3. The number of amides is 3. The highest BCUT2D eigenvalue weighted by atomic mass is 127. The highest BCUT2D eigenvalue weighted by Crippen LogP contribution is 2.31. The molecule has 9 nitrogen and oxygen atoms in total. The maximum Gasteiger partial charge on any atom is 0.319 e. The van der Waals surface area contributed by atoms with Crippen molar-refractivity contribution in [3.63, 3.8) is 0 Å². The molecule has 0 spiro atoms. The molecule has 0 aromatic heterocycles. The molecule has 3 aromatic carbocycles. The molecule has 1 saturated heterocycles. The summed E-state index contributed by atoms with van der Waals surface area (Å²) < 4.78 is 18.3. The summed E-state index contributed by atoms with van der Waals surface area (Å²) in [5, 5.41) is 8.84. The Kier molecular flexibility index (Phi) is 12.9. The van der Waals surface area contributed by atoms with E-state index in [1.165, 1.54) is 0 Å². The SMILES string of the molecule is CCC(CC)NC(=O)Nc1cccc(Oc2ccc(NC(=O)c3cccc(OC4CCN(C(C)C)C(I)C4)c3)cc2COC)c1. The van der Waals surface area contributed by atoms with Crippen LogP contribution in [0.3, 0.4) is 0 Å². The standard InChI is InChI=1S/C35H45IN4O5/c1-6-26(7-2)38-35(42)39-27-11-9-13-30(20-27)45-32-15-14-28(18-25(32)22-43-5)37-34(41)24-10-8-12-29(19-24)44-31-16-17-40(23(3)4)33(36)21-31/h8-15,18-20,23,26,31,33H,6-7,16-17,21-22H2,1-5H3,(H,37,41)(H2,38,39,42). The summed E-state index contributed by atoms with van der Waals surface area (Å²) in [6.07, 6.45) is 3.75. The molecule has 0 saturated carbocycles. The minimum Gasteiger partial charge on any atom is -0.490 e. The minimum atomic E-state index is -0.251. The summed E-state index contributed by atoms with van der Waals surface area (Å²) >= 11 is 2.50. The third-order valence-corrected chi connectivity index (χ3v) is 9.07. The second kappa shape index (κ2) is 16.8. The number of piperidine rings is 1. The molecule has 3 aromatic rings. The van der Waals surface area contributed by atoms with Crippen LogP contribution in [0.25, 0.3) is 0 Å². The van der Waals surface area contributed by atoms with Crippen molar-refractivity contribution in [2.45, 2.75) is 82.2 Å².